The first-order valence-electron chi connectivity index (χ1n) is 6.46. The van der Waals surface area contributed by atoms with Crippen molar-refractivity contribution in [3.63, 3.8) is 0 Å². The molecule has 0 saturated carbocycles. The molecule has 0 aromatic rings. The Morgan fingerprint density at radius 1 is 1.40 bits per heavy atom. The standard InChI is InChI=1S/C12H19F3N2O3/c1-20-10(18)4-6-17(8-12(13,14)15)11(19)9-3-2-5-16-7-9/h9,16H,2-8H2,1H3. The van der Waals surface area contributed by atoms with Gasteiger partial charge < -0.3 is 15.0 Å². The van der Waals surface area contributed by atoms with Gasteiger partial charge >= 0.3 is 12.1 Å². The first-order chi connectivity index (χ1) is 9.33. The van der Waals surface area contributed by atoms with Crippen LogP contribution in [0.3, 0.4) is 0 Å². The zero-order valence-corrected chi connectivity index (χ0v) is 11.3. The Hall–Kier alpha value is -1.31. The molecule has 1 saturated heterocycles. The second-order valence-corrected chi connectivity index (χ2v) is 4.74. The molecule has 1 atom stereocenters. The van der Waals surface area contributed by atoms with Crippen molar-refractivity contribution in [2.75, 3.05) is 33.3 Å². The number of nitrogens with zero attached hydrogens (tertiary/aromatic N) is 1. The summed E-state index contributed by atoms with van der Waals surface area (Å²) in [7, 11) is 1.16. The van der Waals surface area contributed by atoms with Gasteiger partial charge in [0, 0.05) is 13.1 Å². The Kier molecular flexibility index (Phi) is 6.25. The number of carbonyl (C=O) groups excluding carboxylic acids is 2. The van der Waals surface area contributed by atoms with Gasteiger partial charge in [-0.15, -0.1) is 0 Å². The monoisotopic (exact) mass is 296 g/mol. The van der Waals surface area contributed by atoms with E-state index in [4.69, 9.17) is 0 Å². The van der Waals surface area contributed by atoms with E-state index in [2.05, 4.69) is 10.1 Å². The van der Waals surface area contributed by atoms with Crippen LogP contribution in [0.5, 0.6) is 0 Å². The largest absolute Gasteiger partial charge is 0.469 e. The fourth-order valence-electron chi connectivity index (χ4n) is 2.13. The molecular formula is C12H19F3N2O3. The van der Waals surface area contributed by atoms with Crippen LogP contribution < -0.4 is 5.32 Å². The number of hydrogen-bond acceptors (Lipinski definition) is 4. The molecule has 5 nitrogen and oxygen atoms in total. The molecule has 1 heterocycles. The zero-order valence-electron chi connectivity index (χ0n) is 11.3. The lowest BCUT2D eigenvalue weighted by molar-refractivity contribution is -0.165. The predicted octanol–water partition coefficient (Wildman–Crippen LogP) is 0.940. The molecule has 0 spiro atoms. The van der Waals surface area contributed by atoms with Gasteiger partial charge in [0.2, 0.25) is 5.91 Å². The Morgan fingerprint density at radius 2 is 2.10 bits per heavy atom. The number of carbonyl (C=O) groups is 2. The second kappa shape index (κ2) is 7.47. The average Bonchev–Trinajstić information content (AvgIpc) is 2.42. The number of hydrogen-bond donors (Lipinski definition) is 1. The van der Waals surface area contributed by atoms with E-state index in [1.165, 1.54) is 0 Å². The van der Waals surface area contributed by atoms with Gasteiger partial charge in [-0.1, -0.05) is 0 Å². The maximum absolute atomic E-state index is 12.5. The van der Waals surface area contributed by atoms with Crippen molar-refractivity contribution >= 4 is 11.9 Å². The number of ether oxygens (including phenoxy) is 1. The Morgan fingerprint density at radius 3 is 2.60 bits per heavy atom. The van der Waals surface area contributed by atoms with E-state index in [-0.39, 0.29) is 13.0 Å². The molecule has 1 aliphatic heterocycles. The quantitative estimate of drug-likeness (QED) is 0.767. The van der Waals surface area contributed by atoms with Crippen molar-refractivity contribution < 1.29 is 27.5 Å². The minimum atomic E-state index is -4.48. The van der Waals surface area contributed by atoms with Crippen molar-refractivity contribution in [1.29, 1.82) is 0 Å². The summed E-state index contributed by atoms with van der Waals surface area (Å²) in [5.74, 6) is -1.64. The number of nitrogens with one attached hydrogen (secondary N) is 1. The third-order valence-corrected chi connectivity index (χ3v) is 3.14. The predicted molar refractivity (Wildman–Crippen MR) is 64.9 cm³/mol. The highest BCUT2D eigenvalue weighted by Gasteiger charge is 2.35. The van der Waals surface area contributed by atoms with Crippen LogP contribution in [0.15, 0.2) is 0 Å². The highest BCUT2D eigenvalue weighted by Crippen LogP contribution is 2.20. The van der Waals surface area contributed by atoms with E-state index in [1.54, 1.807) is 0 Å². The molecule has 1 fully saturated rings. The molecule has 0 bridgehead atoms. The lowest BCUT2D eigenvalue weighted by Crippen LogP contribution is -2.47. The molecule has 1 N–H and O–H groups in total. The summed E-state index contributed by atoms with van der Waals surface area (Å²) in [5, 5.41) is 2.99. The lowest BCUT2D eigenvalue weighted by atomic mass is 9.98. The first-order valence-corrected chi connectivity index (χ1v) is 6.46. The minimum Gasteiger partial charge on any atom is -0.469 e. The van der Waals surface area contributed by atoms with Gasteiger partial charge in [-0.25, -0.2) is 0 Å². The molecule has 20 heavy (non-hydrogen) atoms. The Bertz CT molecular complexity index is 341. The normalized spacial score (nSPS) is 19.5. The summed E-state index contributed by atoms with van der Waals surface area (Å²) in [4.78, 5) is 23.8. The second-order valence-electron chi connectivity index (χ2n) is 4.74. The molecule has 0 aromatic carbocycles. The van der Waals surface area contributed by atoms with Crippen LogP contribution in [0.2, 0.25) is 0 Å². The number of halogens is 3. The van der Waals surface area contributed by atoms with E-state index < -0.39 is 30.5 Å². The number of alkyl halides is 3. The molecular weight excluding hydrogens is 277 g/mol. The van der Waals surface area contributed by atoms with Crippen LogP contribution in [-0.2, 0) is 14.3 Å². The van der Waals surface area contributed by atoms with Crippen LogP contribution >= 0.6 is 0 Å². The smallest absolute Gasteiger partial charge is 0.406 e. The molecule has 1 unspecified atom stereocenters. The topological polar surface area (TPSA) is 58.6 Å². The van der Waals surface area contributed by atoms with E-state index in [0.29, 0.717) is 17.9 Å². The number of piperidine rings is 1. The Labute approximate surface area is 115 Å². The zero-order chi connectivity index (χ0) is 15.2. The summed E-state index contributed by atoms with van der Waals surface area (Å²) >= 11 is 0. The molecule has 0 radical (unpaired) electrons. The summed E-state index contributed by atoms with van der Waals surface area (Å²) in [6.45, 7) is -0.461. The van der Waals surface area contributed by atoms with E-state index in [0.717, 1.165) is 20.1 Å². The summed E-state index contributed by atoms with van der Waals surface area (Å²) in [6, 6.07) is 0. The van der Waals surface area contributed by atoms with E-state index in [1.807, 2.05) is 0 Å². The fraction of sp³-hybridized carbons (Fsp3) is 0.833. The van der Waals surface area contributed by atoms with Crippen LogP contribution in [0.1, 0.15) is 19.3 Å². The molecule has 1 rings (SSSR count). The van der Waals surface area contributed by atoms with Crippen molar-refractivity contribution in [2.24, 2.45) is 5.92 Å². The van der Waals surface area contributed by atoms with Crippen LogP contribution in [-0.4, -0.2) is 56.2 Å². The van der Waals surface area contributed by atoms with E-state index >= 15 is 0 Å². The van der Waals surface area contributed by atoms with Gasteiger partial charge in [0.15, 0.2) is 0 Å². The molecule has 1 amide bonds. The van der Waals surface area contributed by atoms with Crippen LogP contribution in [0.25, 0.3) is 0 Å². The van der Waals surface area contributed by atoms with Gasteiger partial charge in [0.05, 0.1) is 19.4 Å². The van der Waals surface area contributed by atoms with Gasteiger partial charge in [-0.05, 0) is 19.4 Å². The van der Waals surface area contributed by atoms with Crippen LogP contribution in [0.4, 0.5) is 13.2 Å². The minimum absolute atomic E-state index is 0.238. The number of esters is 1. The van der Waals surface area contributed by atoms with Gasteiger partial charge in [0.25, 0.3) is 0 Å². The van der Waals surface area contributed by atoms with Gasteiger partial charge in [0.1, 0.15) is 6.54 Å². The van der Waals surface area contributed by atoms with Gasteiger partial charge in [-0.3, -0.25) is 9.59 Å². The summed E-state index contributed by atoms with van der Waals surface area (Å²) in [5.41, 5.74) is 0. The van der Waals surface area contributed by atoms with Crippen molar-refractivity contribution in [3.8, 4) is 0 Å². The average molecular weight is 296 g/mol. The molecule has 116 valence electrons. The van der Waals surface area contributed by atoms with Crippen molar-refractivity contribution in [3.05, 3.63) is 0 Å². The van der Waals surface area contributed by atoms with E-state index in [9.17, 15) is 22.8 Å². The van der Waals surface area contributed by atoms with Crippen molar-refractivity contribution in [2.45, 2.75) is 25.4 Å². The van der Waals surface area contributed by atoms with Crippen LogP contribution in [0, 0.1) is 5.92 Å². The summed E-state index contributed by atoms with van der Waals surface area (Å²) < 4.78 is 41.9. The highest BCUT2D eigenvalue weighted by molar-refractivity contribution is 5.80. The fourth-order valence-corrected chi connectivity index (χ4v) is 2.13. The maximum Gasteiger partial charge on any atom is 0.406 e. The molecule has 1 aliphatic rings. The third-order valence-electron chi connectivity index (χ3n) is 3.14. The number of methoxy groups -OCH3 is 1. The Balaban J connectivity index is 2.64. The number of amides is 1. The summed E-state index contributed by atoms with van der Waals surface area (Å²) in [6.07, 6.45) is -3.39. The maximum atomic E-state index is 12.5. The molecule has 0 aromatic heterocycles. The first kappa shape index (κ1) is 16.7. The SMILES string of the molecule is COC(=O)CCN(CC(F)(F)F)C(=O)C1CCCNC1. The molecule has 8 heteroatoms. The highest BCUT2D eigenvalue weighted by atomic mass is 19.4. The molecule has 0 aliphatic carbocycles. The lowest BCUT2D eigenvalue weighted by Gasteiger charge is -2.30. The third kappa shape index (κ3) is 5.77. The van der Waals surface area contributed by atoms with Gasteiger partial charge in [-0.2, -0.15) is 13.2 Å². The van der Waals surface area contributed by atoms with Crippen molar-refractivity contribution in [1.82, 2.24) is 10.2 Å². The number of rotatable bonds is 5.